The Morgan fingerprint density at radius 3 is 2.06 bits per heavy atom. The van der Waals surface area contributed by atoms with Crippen LogP contribution in [0.2, 0.25) is 0 Å². The molecular formula is C13H16O4. The zero-order valence-electron chi connectivity index (χ0n) is 10.3. The van der Waals surface area contributed by atoms with E-state index in [0.717, 1.165) is 0 Å². The lowest BCUT2D eigenvalue weighted by Crippen LogP contribution is -2.20. The van der Waals surface area contributed by atoms with Crippen molar-refractivity contribution in [2.75, 3.05) is 0 Å². The normalized spacial score (nSPS) is 16.9. The third kappa shape index (κ3) is 2.70. The van der Waals surface area contributed by atoms with E-state index >= 15 is 0 Å². The quantitative estimate of drug-likeness (QED) is 0.758. The molecule has 0 aromatic rings. The molecule has 0 saturated carbocycles. The molecule has 0 amide bonds. The van der Waals surface area contributed by atoms with Gasteiger partial charge in [-0.1, -0.05) is 0 Å². The van der Waals surface area contributed by atoms with Crippen molar-refractivity contribution < 1.29 is 19.5 Å². The van der Waals surface area contributed by atoms with E-state index in [1.165, 1.54) is 0 Å². The Morgan fingerprint density at radius 2 is 1.53 bits per heavy atom. The van der Waals surface area contributed by atoms with Gasteiger partial charge in [-0.25, -0.2) is 0 Å². The first-order valence-electron chi connectivity index (χ1n) is 5.54. The van der Waals surface area contributed by atoms with Crippen LogP contribution in [-0.4, -0.2) is 22.6 Å². The van der Waals surface area contributed by atoms with Gasteiger partial charge in [-0.3, -0.25) is 14.4 Å². The molecule has 1 rings (SSSR count). The van der Waals surface area contributed by atoms with E-state index in [0.29, 0.717) is 35.1 Å². The smallest absolute Gasteiger partial charge is 0.303 e. The fraction of sp³-hybridized carbons (Fsp3) is 0.462. The average molecular weight is 236 g/mol. The topological polar surface area (TPSA) is 71.4 Å². The number of Topliss-reactive ketones (excluding diaryl/α,β-unsaturated/α-hetero) is 2. The number of carboxylic acids is 1. The molecule has 92 valence electrons. The van der Waals surface area contributed by atoms with E-state index in [9.17, 15) is 14.4 Å². The summed E-state index contributed by atoms with van der Waals surface area (Å²) in [6, 6.07) is 0. The molecule has 0 saturated heterocycles. The number of ketones is 2. The monoisotopic (exact) mass is 236 g/mol. The highest BCUT2D eigenvalue weighted by Crippen LogP contribution is 2.27. The third-order valence-corrected chi connectivity index (χ3v) is 3.13. The van der Waals surface area contributed by atoms with Crippen molar-refractivity contribution in [3.63, 3.8) is 0 Å². The number of hydrogen-bond acceptors (Lipinski definition) is 3. The summed E-state index contributed by atoms with van der Waals surface area (Å²) >= 11 is 0. The first kappa shape index (κ1) is 13.4. The Balaban J connectivity index is 2.88. The minimum Gasteiger partial charge on any atom is -0.481 e. The lowest BCUT2D eigenvalue weighted by Gasteiger charge is -2.18. The van der Waals surface area contributed by atoms with Crippen molar-refractivity contribution in [2.24, 2.45) is 0 Å². The number of aliphatic carboxylic acids is 1. The van der Waals surface area contributed by atoms with Crippen LogP contribution >= 0.6 is 0 Å². The van der Waals surface area contributed by atoms with Crippen LogP contribution in [0.1, 0.15) is 40.0 Å². The van der Waals surface area contributed by atoms with Gasteiger partial charge < -0.3 is 5.11 Å². The molecule has 0 bridgehead atoms. The van der Waals surface area contributed by atoms with Gasteiger partial charge in [0.2, 0.25) is 0 Å². The zero-order chi connectivity index (χ0) is 13.2. The Labute approximate surface area is 100 Å². The number of allylic oxidation sites excluding steroid dienone is 4. The number of carbonyl (C=O) groups is 3. The van der Waals surface area contributed by atoms with Gasteiger partial charge in [0, 0.05) is 28.7 Å². The molecule has 1 aliphatic rings. The highest BCUT2D eigenvalue weighted by atomic mass is 16.4. The lowest BCUT2D eigenvalue weighted by atomic mass is 9.84. The van der Waals surface area contributed by atoms with Crippen LogP contribution in [0, 0.1) is 0 Å². The van der Waals surface area contributed by atoms with Crippen LogP contribution in [0.15, 0.2) is 22.3 Å². The van der Waals surface area contributed by atoms with Gasteiger partial charge in [-0.2, -0.15) is 0 Å². The molecule has 0 aromatic heterocycles. The Morgan fingerprint density at radius 1 is 1.00 bits per heavy atom. The van der Waals surface area contributed by atoms with Crippen molar-refractivity contribution >= 4 is 17.5 Å². The second-order valence-corrected chi connectivity index (χ2v) is 4.26. The summed E-state index contributed by atoms with van der Waals surface area (Å²) in [5, 5.41) is 8.54. The SMILES string of the molecule is CC1=C(C)C(=O)C(CCCC(=O)O)=C(C)C1=O. The summed E-state index contributed by atoms with van der Waals surface area (Å²) in [6.45, 7) is 4.92. The summed E-state index contributed by atoms with van der Waals surface area (Å²) in [4.78, 5) is 34.2. The second kappa shape index (κ2) is 5.08. The van der Waals surface area contributed by atoms with Gasteiger partial charge in [-0.15, -0.1) is 0 Å². The van der Waals surface area contributed by atoms with Crippen molar-refractivity contribution in [1.82, 2.24) is 0 Å². The maximum Gasteiger partial charge on any atom is 0.303 e. The fourth-order valence-electron chi connectivity index (χ4n) is 1.87. The summed E-state index contributed by atoms with van der Waals surface area (Å²) in [5.74, 6) is -1.11. The van der Waals surface area contributed by atoms with E-state index in [-0.39, 0.29) is 18.0 Å². The summed E-state index contributed by atoms with van der Waals surface area (Å²) in [5.41, 5.74) is 1.91. The van der Waals surface area contributed by atoms with Gasteiger partial charge in [0.1, 0.15) is 0 Å². The average Bonchev–Trinajstić information content (AvgIpc) is 2.28. The molecule has 0 aromatic carbocycles. The molecule has 0 radical (unpaired) electrons. The van der Waals surface area contributed by atoms with Gasteiger partial charge >= 0.3 is 5.97 Å². The molecule has 0 fully saturated rings. The molecule has 17 heavy (non-hydrogen) atoms. The molecule has 0 atom stereocenters. The standard InChI is InChI=1S/C13H16O4/c1-7-8(2)13(17)10(9(3)12(7)16)5-4-6-11(14)15/h4-6H2,1-3H3,(H,14,15). The van der Waals surface area contributed by atoms with E-state index < -0.39 is 5.97 Å². The van der Waals surface area contributed by atoms with Gasteiger partial charge in [-0.05, 0) is 33.6 Å². The first-order chi connectivity index (χ1) is 7.86. The predicted octanol–water partition coefficient (Wildman–Crippen LogP) is 2.05. The summed E-state index contributed by atoms with van der Waals surface area (Å²) in [7, 11) is 0. The van der Waals surface area contributed by atoms with Crippen molar-refractivity contribution in [2.45, 2.75) is 40.0 Å². The van der Waals surface area contributed by atoms with Gasteiger partial charge in [0.15, 0.2) is 11.6 Å². The van der Waals surface area contributed by atoms with E-state index in [4.69, 9.17) is 5.11 Å². The molecule has 1 N–H and O–H groups in total. The van der Waals surface area contributed by atoms with Gasteiger partial charge in [0.25, 0.3) is 0 Å². The third-order valence-electron chi connectivity index (χ3n) is 3.13. The molecule has 4 nitrogen and oxygen atoms in total. The zero-order valence-corrected chi connectivity index (χ0v) is 10.3. The highest BCUT2D eigenvalue weighted by molar-refractivity contribution is 6.24. The van der Waals surface area contributed by atoms with E-state index in [1.807, 2.05) is 0 Å². The largest absolute Gasteiger partial charge is 0.481 e. The molecule has 1 aliphatic carbocycles. The molecule has 0 heterocycles. The highest BCUT2D eigenvalue weighted by Gasteiger charge is 2.27. The van der Waals surface area contributed by atoms with Gasteiger partial charge in [0.05, 0.1) is 0 Å². The predicted molar refractivity (Wildman–Crippen MR) is 62.6 cm³/mol. The van der Waals surface area contributed by atoms with E-state index in [2.05, 4.69) is 0 Å². The number of carboxylic acid groups (broad SMARTS) is 1. The number of hydrogen-bond donors (Lipinski definition) is 1. The Bertz CT molecular complexity index is 452. The van der Waals surface area contributed by atoms with Crippen LogP contribution in [0.4, 0.5) is 0 Å². The lowest BCUT2D eigenvalue weighted by molar-refractivity contribution is -0.137. The first-order valence-corrected chi connectivity index (χ1v) is 5.54. The Hall–Kier alpha value is -1.71. The molecule has 4 heteroatoms. The van der Waals surface area contributed by atoms with Crippen LogP contribution in [0.5, 0.6) is 0 Å². The molecular weight excluding hydrogens is 220 g/mol. The minimum atomic E-state index is -0.888. The molecule has 0 aliphatic heterocycles. The Kier molecular flexibility index (Phi) is 3.99. The fourth-order valence-corrected chi connectivity index (χ4v) is 1.87. The minimum absolute atomic E-state index is 0.0139. The second-order valence-electron chi connectivity index (χ2n) is 4.26. The van der Waals surface area contributed by atoms with Crippen LogP contribution in [-0.2, 0) is 14.4 Å². The van der Waals surface area contributed by atoms with E-state index in [1.54, 1.807) is 20.8 Å². The van der Waals surface area contributed by atoms with Crippen molar-refractivity contribution in [1.29, 1.82) is 0 Å². The maximum atomic E-state index is 12.0. The summed E-state index contributed by atoms with van der Waals surface area (Å²) < 4.78 is 0. The number of carbonyl (C=O) groups excluding carboxylic acids is 2. The molecule has 0 unspecified atom stereocenters. The molecule has 0 spiro atoms. The summed E-state index contributed by atoms with van der Waals surface area (Å²) in [6.07, 6.45) is 0.751. The van der Waals surface area contributed by atoms with Crippen LogP contribution in [0.25, 0.3) is 0 Å². The van der Waals surface area contributed by atoms with Crippen LogP contribution in [0.3, 0.4) is 0 Å². The van der Waals surface area contributed by atoms with Crippen molar-refractivity contribution in [3.05, 3.63) is 22.3 Å². The van der Waals surface area contributed by atoms with Crippen molar-refractivity contribution in [3.8, 4) is 0 Å². The maximum absolute atomic E-state index is 12.0. The van der Waals surface area contributed by atoms with Crippen LogP contribution < -0.4 is 0 Å². The number of rotatable bonds is 4.